The number of ether oxygens (including phenoxy) is 2. The number of H-pyrrole nitrogens is 1. The summed E-state index contributed by atoms with van der Waals surface area (Å²) >= 11 is 0. The number of hydrogen-bond donors (Lipinski definition) is 3. The topological polar surface area (TPSA) is 130 Å². The van der Waals surface area contributed by atoms with Crippen LogP contribution in [0, 0.1) is 5.92 Å². The Kier molecular flexibility index (Phi) is 6.89. The largest absolute Gasteiger partial charge is 0.496 e. The maximum Gasteiger partial charge on any atom is 0.336 e. The summed E-state index contributed by atoms with van der Waals surface area (Å²) < 4.78 is 11.0. The first-order valence-electron chi connectivity index (χ1n) is 12.5. The van der Waals surface area contributed by atoms with Gasteiger partial charge in [-0.1, -0.05) is 30.3 Å². The molecule has 0 spiro atoms. The number of methoxy groups -OCH3 is 1. The number of ketones is 1. The molecular formula is C30H27N3O6. The summed E-state index contributed by atoms with van der Waals surface area (Å²) in [6, 6.07) is 17.5. The zero-order valence-electron chi connectivity index (χ0n) is 21.6. The molecule has 0 fully saturated rings. The highest BCUT2D eigenvalue weighted by Gasteiger charge is 2.48. The molecule has 2 aliphatic rings. The zero-order valence-corrected chi connectivity index (χ0v) is 21.6. The standard InChI is InChI=1S/C30H27N3O6/c1-4-39-30(37)24-16(2)31-28-26(25(24)20-7-5-6-8-23(20)38-3)27(34)22(33-28)15-19-13-14-21(32-19)17-9-11-18(12-10-17)29(35)36/h5-15,25-26,32H,4H2,1-3H3,(H,31,33)(H,35,36)/b22-15+. The number of nitrogens with one attached hydrogen (secondary N) is 2. The van der Waals surface area contributed by atoms with E-state index in [1.807, 2.05) is 30.3 Å². The number of fused-ring (bicyclic) bond motifs is 1. The van der Waals surface area contributed by atoms with Crippen molar-refractivity contribution in [3.8, 4) is 17.0 Å². The number of Topliss-reactive ketones (excluding diaryl/α,β-unsaturated/α-hetero) is 1. The lowest BCUT2D eigenvalue weighted by Gasteiger charge is -2.33. The summed E-state index contributed by atoms with van der Waals surface area (Å²) in [5, 5.41) is 12.3. The van der Waals surface area contributed by atoms with Crippen molar-refractivity contribution in [1.29, 1.82) is 0 Å². The molecule has 3 N–H and O–H groups in total. The van der Waals surface area contributed by atoms with E-state index < -0.39 is 23.8 Å². The number of aromatic nitrogens is 1. The number of nitrogens with zero attached hydrogens (tertiary/aromatic N) is 1. The van der Waals surface area contributed by atoms with Gasteiger partial charge in [-0.05, 0) is 55.8 Å². The lowest BCUT2D eigenvalue weighted by molar-refractivity contribution is -0.139. The van der Waals surface area contributed by atoms with Gasteiger partial charge in [0.15, 0.2) is 5.78 Å². The lowest BCUT2D eigenvalue weighted by Crippen LogP contribution is -2.42. The third-order valence-electron chi connectivity index (χ3n) is 6.85. The Balaban J connectivity index is 1.51. The van der Waals surface area contributed by atoms with Crippen LogP contribution in [0.15, 0.2) is 82.6 Å². The van der Waals surface area contributed by atoms with E-state index in [-0.39, 0.29) is 23.7 Å². The summed E-state index contributed by atoms with van der Waals surface area (Å²) in [4.78, 5) is 45.9. The van der Waals surface area contributed by atoms with Crippen molar-refractivity contribution >= 4 is 29.6 Å². The van der Waals surface area contributed by atoms with Crippen molar-refractivity contribution in [2.75, 3.05) is 13.7 Å². The van der Waals surface area contributed by atoms with E-state index in [0.29, 0.717) is 34.1 Å². The monoisotopic (exact) mass is 525 g/mol. The molecule has 39 heavy (non-hydrogen) atoms. The third-order valence-corrected chi connectivity index (χ3v) is 6.85. The van der Waals surface area contributed by atoms with Gasteiger partial charge in [-0.3, -0.25) is 4.79 Å². The minimum Gasteiger partial charge on any atom is -0.496 e. The van der Waals surface area contributed by atoms with Crippen LogP contribution in [0.5, 0.6) is 5.75 Å². The average molecular weight is 526 g/mol. The van der Waals surface area contributed by atoms with Gasteiger partial charge in [0.05, 0.1) is 30.8 Å². The van der Waals surface area contributed by atoms with Crippen LogP contribution in [0.2, 0.25) is 0 Å². The Hall–Kier alpha value is -4.92. The number of carboxylic acids is 1. The first kappa shape index (κ1) is 25.7. The van der Waals surface area contributed by atoms with Gasteiger partial charge < -0.3 is 24.9 Å². The van der Waals surface area contributed by atoms with Gasteiger partial charge in [-0.15, -0.1) is 0 Å². The Morgan fingerprint density at radius 1 is 1.05 bits per heavy atom. The summed E-state index contributed by atoms with van der Waals surface area (Å²) in [5.41, 5.74) is 4.31. The molecule has 9 heteroatoms. The molecule has 0 aliphatic carbocycles. The number of esters is 1. The first-order valence-corrected chi connectivity index (χ1v) is 12.5. The SMILES string of the molecule is CCOC(=O)C1=C(C)NC2=N/C(=C/c3ccc(-c4ccc(C(=O)O)cc4)[nH]3)C(=O)C2C1c1ccccc1OC. The van der Waals surface area contributed by atoms with E-state index in [0.717, 1.165) is 11.3 Å². The molecule has 3 aromatic rings. The molecule has 0 saturated heterocycles. The third kappa shape index (κ3) is 4.74. The van der Waals surface area contributed by atoms with Crippen LogP contribution in [0.25, 0.3) is 17.3 Å². The summed E-state index contributed by atoms with van der Waals surface area (Å²) in [7, 11) is 1.55. The number of aromatic carboxylic acids is 1. The van der Waals surface area contributed by atoms with E-state index in [2.05, 4.69) is 15.3 Å². The lowest BCUT2D eigenvalue weighted by atomic mass is 9.75. The minimum absolute atomic E-state index is 0.200. The predicted octanol–water partition coefficient (Wildman–Crippen LogP) is 4.55. The van der Waals surface area contributed by atoms with Gasteiger partial charge in [0, 0.05) is 28.6 Å². The molecule has 198 valence electrons. The Bertz CT molecular complexity index is 1560. The van der Waals surface area contributed by atoms with E-state index in [9.17, 15) is 14.4 Å². The fourth-order valence-electron chi connectivity index (χ4n) is 5.07. The fraction of sp³-hybridized carbons (Fsp3) is 0.200. The average Bonchev–Trinajstić information content (AvgIpc) is 3.52. The zero-order chi connectivity index (χ0) is 27.7. The quantitative estimate of drug-likeness (QED) is 0.305. The van der Waals surface area contributed by atoms with Crippen molar-refractivity contribution in [1.82, 2.24) is 10.3 Å². The predicted molar refractivity (Wildman–Crippen MR) is 145 cm³/mol. The number of aromatic amines is 1. The van der Waals surface area contributed by atoms with Crippen molar-refractivity contribution < 1.29 is 29.0 Å². The van der Waals surface area contributed by atoms with E-state index >= 15 is 0 Å². The first-order chi connectivity index (χ1) is 18.8. The number of benzene rings is 2. The number of carbonyl (C=O) groups excluding carboxylic acids is 2. The molecule has 1 aromatic heterocycles. The van der Waals surface area contributed by atoms with Gasteiger partial charge in [-0.2, -0.15) is 0 Å². The number of carboxylic acid groups (broad SMARTS) is 1. The van der Waals surface area contributed by atoms with Gasteiger partial charge in [0.1, 0.15) is 17.3 Å². The molecule has 3 heterocycles. The van der Waals surface area contributed by atoms with Gasteiger partial charge in [0.2, 0.25) is 0 Å². The van der Waals surface area contributed by atoms with Gasteiger partial charge >= 0.3 is 11.9 Å². The van der Waals surface area contributed by atoms with Crippen molar-refractivity contribution in [2.24, 2.45) is 10.9 Å². The number of allylic oxidation sites excluding steroid dienone is 2. The van der Waals surface area contributed by atoms with Crippen LogP contribution in [0.1, 0.15) is 41.4 Å². The molecule has 2 atom stereocenters. The fourth-order valence-corrected chi connectivity index (χ4v) is 5.07. The molecule has 2 aromatic carbocycles. The summed E-state index contributed by atoms with van der Waals surface area (Å²) in [6.07, 6.45) is 1.67. The van der Waals surface area contributed by atoms with Crippen LogP contribution in [0.3, 0.4) is 0 Å². The molecule has 0 bridgehead atoms. The maximum atomic E-state index is 13.8. The second-order valence-corrected chi connectivity index (χ2v) is 9.18. The number of hydrogen-bond acceptors (Lipinski definition) is 7. The molecule has 0 amide bonds. The van der Waals surface area contributed by atoms with E-state index in [4.69, 9.17) is 14.6 Å². The van der Waals surface area contributed by atoms with Crippen LogP contribution in [-0.4, -0.2) is 47.4 Å². The van der Waals surface area contributed by atoms with Crippen LogP contribution >= 0.6 is 0 Å². The minimum atomic E-state index is -0.991. The van der Waals surface area contributed by atoms with Crippen LogP contribution < -0.4 is 10.1 Å². The number of carbonyl (C=O) groups is 3. The Morgan fingerprint density at radius 3 is 2.49 bits per heavy atom. The number of aliphatic imine (C=N–C) groups is 1. The van der Waals surface area contributed by atoms with Crippen molar-refractivity contribution in [3.63, 3.8) is 0 Å². The molecular weight excluding hydrogens is 498 g/mol. The smallest absolute Gasteiger partial charge is 0.336 e. The van der Waals surface area contributed by atoms with Gasteiger partial charge in [0.25, 0.3) is 0 Å². The number of para-hydroxylation sites is 1. The van der Waals surface area contributed by atoms with Crippen LogP contribution in [0.4, 0.5) is 0 Å². The Labute approximate surface area is 224 Å². The molecule has 2 aliphatic heterocycles. The van der Waals surface area contributed by atoms with Crippen molar-refractivity contribution in [2.45, 2.75) is 19.8 Å². The molecule has 9 nitrogen and oxygen atoms in total. The summed E-state index contributed by atoms with van der Waals surface area (Å²) in [6.45, 7) is 3.71. The number of rotatable bonds is 7. The second kappa shape index (κ2) is 10.4. The molecule has 0 radical (unpaired) electrons. The summed E-state index contributed by atoms with van der Waals surface area (Å²) in [5.74, 6) is -2.10. The highest BCUT2D eigenvalue weighted by atomic mass is 16.5. The number of amidine groups is 1. The highest BCUT2D eigenvalue weighted by Crippen LogP contribution is 2.45. The normalized spacial score (nSPS) is 19.4. The van der Waals surface area contributed by atoms with E-state index in [1.165, 1.54) is 12.1 Å². The maximum absolute atomic E-state index is 13.8. The van der Waals surface area contributed by atoms with E-state index in [1.54, 1.807) is 45.2 Å². The molecule has 5 rings (SSSR count). The van der Waals surface area contributed by atoms with Gasteiger partial charge in [-0.25, -0.2) is 14.6 Å². The van der Waals surface area contributed by atoms with Crippen LogP contribution in [-0.2, 0) is 14.3 Å². The highest BCUT2D eigenvalue weighted by molar-refractivity contribution is 6.21. The molecule has 2 unspecified atom stereocenters. The molecule has 0 saturated carbocycles. The van der Waals surface area contributed by atoms with Crippen molar-refractivity contribution in [3.05, 3.63) is 94.5 Å². The second-order valence-electron chi connectivity index (χ2n) is 9.18. The Morgan fingerprint density at radius 2 is 1.79 bits per heavy atom.